The van der Waals surface area contributed by atoms with Gasteiger partial charge in [0.25, 0.3) is 0 Å². The van der Waals surface area contributed by atoms with Gasteiger partial charge in [-0.1, -0.05) is 0 Å². The molecule has 0 bridgehead atoms. The number of nitrogens with zero attached hydrogens (tertiary/aromatic N) is 2. The van der Waals surface area contributed by atoms with E-state index in [1.165, 1.54) is 0 Å². The van der Waals surface area contributed by atoms with E-state index in [4.69, 9.17) is 10.00 Å². The first kappa shape index (κ1) is 9.85. The lowest BCUT2D eigenvalue weighted by Crippen LogP contribution is -2.42. The lowest BCUT2D eigenvalue weighted by molar-refractivity contribution is 0.0634. The zero-order chi connectivity index (χ0) is 9.90. The molecule has 0 spiro atoms. The molecule has 0 atom stereocenters. The molecular formula is C9H14N2O2. The lowest BCUT2D eigenvalue weighted by Gasteiger charge is -2.30. The van der Waals surface area contributed by atoms with Gasteiger partial charge in [0, 0.05) is 13.1 Å². The predicted octanol–water partition coefficient (Wildman–Crippen LogP) is 1.38. The first-order valence-corrected chi connectivity index (χ1v) is 4.38. The van der Waals surface area contributed by atoms with Gasteiger partial charge >= 0.3 is 6.09 Å². The van der Waals surface area contributed by atoms with Crippen LogP contribution < -0.4 is 0 Å². The summed E-state index contributed by atoms with van der Waals surface area (Å²) >= 11 is 0. The number of cyclic esters (lactones) is 1. The molecule has 1 heterocycles. The van der Waals surface area contributed by atoms with Crippen LogP contribution in [0.25, 0.3) is 0 Å². The predicted molar refractivity (Wildman–Crippen MR) is 46.9 cm³/mol. The molecule has 1 aliphatic heterocycles. The van der Waals surface area contributed by atoms with Gasteiger partial charge in [0.1, 0.15) is 0 Å². The van der Waals surface area contributed by atoms with Gasteiger partial charge in [0.2, 0.25) is 0 Å². The van der Waals surface area contributed by atoms with Gasteiger partial charge in [-0.05, 0) is 20.3 Å². The molecule has 1 amide bonds. The Kier molecular flexibility index (Phi) is 2.76. The average Bonchev–Trinajstić information content (AvgIpc) is 2.09. The van der Waals surface area contributed by atoms with E-state index in [2.05, 4.69) is 6.07 Å². The smallest absolute Gasteiger partial charge is 0.409 e. The molecule has 0 N–H and O–H groups in total. The fourth-order valence-electron chi connectivity index (χ4n) is 1.25. The van der Waals surface area contributed by atoms with Crippen molar-refractivity contribution < 1.29 is 9.53 Å². The normalized spacial score (nSPS) is 17.9. The van der Waals surface area contributed by atoms with Crippen LogP contribution in [0, 0.1) is 16.7 Å². The van der Waals surface area contributed by atoms with Crippen molar-refractivity contribution in [2.24, 2.45) is 5.41 Å². The monoisotopic (exact) mass is 182 g/mol. The van der Waals surface area contributed by atoms with Crippen LogP contribution in [0.3, 0.4) is 0 Å². The van der Waals surface area contributed by atoms with E-state index in [1.54, 1.807) is 4.90 Å². The standard InChI is InChI=1S/C9H14N2O2/c1-9(2,6-10)7-11-4-3-5-13-8(11)12/h3-5,7H2,1-2H3. The molecule has 1 aliphatic rings. The summed E-state index contributed by atoms with van der Waals surface area (Å²) in [6.07, 6.45) is 0.558. The topological polar surface area (TPSA) is 53.3 Å². The number of nitriles is 1. The Labute approximate surface area is 78.1 Å². The molecule has 4 nitrogen and oxygen atoms in total. The van der Waals surface area contributed by atoms with Crippen LogP contribution in [0.15, 0.2) is 0 Å². The number of ether oxygens (including phenoxy) is 1. The van der Waals surface area contributed by atoms with Crippen LogP contribution >= 0.6 is 0 Å². The Bertz CT molecular complexity index is 242. The van der Waals surface area contributed by atoms with E-state index in [1.807, 2.05) is 13.8 Å². The van der Waals surface area contributed by atoms with E-state index in [0.717, 1.165) is 6.42 Å². The van der Waals surface area contributed by atoms with Crippen LogP contribution in [-0.2, 0) is 4.74 Å². The van der Waals surface area contributed by atoms with Crippen molar-refractivity contribution >= 4 is 6.09 Å². The first-order chi connectivity index (χ1) is 6.05. The highest BCUT2D eigenvalue weighted by atomic mass is 16.6. The van der Waals surface area contributed by atoms with Crippen LogP contribution in [0.4, 0.5) is 4.79 Å². The number of rotatable bonds is 2. The molecule has 72 valence electrons. The van der Waals surface area contributed by atoms with Crippen molar-refractivity contribution in [1.82, 2.24) is 4.90 Å². The number of hydrogen-bond donors (Lipinski definition) is 0. The van der Waals surface area contributed by atoms with Gasteiger partial charge in [0.15, 0.2) is 0 Å². The molecule has 0 aliphatic carbocycles. The van der Waals surface area contributed by atoms with E-state index in [0.29, 0.717) is 19.7 Å². The van der Waals surface area contributed by atoms with Gasteiger partial charge < -0.3 is 9.64 Å². The van der Waals surface area contributed by atoms with E-state index < -0.39 is 5.41 Å². The van der Waals surface area contributed by atoms with Gasteiger partial charge in [0.05, 0.1) is 18.1 Å². The maximum Gasteiger partial charge on any atom is 0.409 e. The molecule has 4 heteroatoms. The zero-order valence-corrected chi connectivity index (χ0v) is 8.04. The molecule has 1 rings (SSSR count). The molecule has 0 aromatic rings. The van der Waals surface area contributed by atoms with E-state index in [9.17, 15) is 4.79 Å². The molecule has 13 heavy (non-hydrogen) atoms. The summed E-state index contributed by atoms with van der Waals surface area (Å²) in [5, 5.41) is 8.78. The highest BCUT2D eigenvalue weighted by Crippen LogP contribution is 2.17. The van der Waals surface area contributed by atoms with Gasteiger partial charge in [-0.25, -0.2) is 4.79 Å². The summed E-state index contributed by atoms with van der Waals surface area (Å²) in [6.45, 7) is 5.28. The number of carbonyl (C=O) groups is 1. The minimum absolute atomic E-state index is 0.297. The van der Waals surface area contributed by atoms with Crippen LogP contribution in [0.1, 0.15) is 20.3 Å². The Hall–Kier alpha value is -1.24. The van der Waals surface area contributed by atoms with E-state index in [-0.39, 0.29) is 6.09 Å². The third kappa shape index (κ3) is 2.62. The summed E-state index contributed by atoms with van der Waals surface area (Å²) in [5.41, 5.74) is -0.490. The van der Waals surface area contributed by atoms with Gasteiger partial charge in [-0.15, -0.1) is 0 Å². The Morgan fingerprint density at radius 1 is 1.69 bits per heavy atom. The molecule has 0 aromatic heterocycles. The second kappa shape index (κ2) is 3.65. The highest BCUT2D eigenvalue weighted by molar-refractivity contribution is 5.68. The number of amides is 1. The maximum absolute atomic E-state index is 11.2. The quantitative estimate of drug-likeness (QED) is 0.648. The van der Waals surface area contributed by atoms with Gasteiger partial charge in [-0.3, -0.25) is 0 Å². The van der Waals surface area contributed by atoms with Crippen LogP contribution in [0.5, 0.6) is 0 Å². The summed E-state index contributed by atoms with van der Waals surface area (Å²) in [7, 11) is 0. The summed E-state index contributed by atoms with van der Waals surface area (Å²) in [4.78, 5) is 12.8. The second-order valence-electron chi connectivity index (χ2n) is 3.89. The Balaban J connectivity index is 2.53. The van der Waals surface area contributed by atoms with Crippen molar-refractivity contribution in [3.63, 3.8) is 0 Å². The van der Waals surface area contributed by atoms with Crippen molar-refractivity contribution in [3.05, 3.63) is 0 Å². The maximum atomic E-state index is 11.2. The molecule has 0 radical (unpaired) electrons. The molecule has 1 fully saturated rings. The molecule has 0 aromatic carbocycles. The molecule has 1 saturated heterocycles. The minimum atomic E-state index is -0.490. The lowest BCUT2D eigenvalue weighted by atomic mass is 9.95. The molecule has 0 unspecified atom stereocenters. The fraction of sp³-hybridized carbons (Fsp3) is 0.778. The number of hydrogen-bond acceptors (Lipinski definition) is 3. The van der Waals surface area contributed by atoms with Crippen molar-refractivity contribution in [3.8, 4) is 6.07 Å². The average molecular weight is 182 g/mol. The van der Waals surface area contributed by atoms with Crippen molar-refractivity contribution in [2.45, 2.75) is 20.3 Å². The van der Waals surface area contributed by atoms with Crippen LogP contribution in [-0.4, -0.2) is 30.7 Å². The van der Waals surface area contributed by atoms with Crippen LogP contribution in [0.2, 0.25) is 0 Å². The van der Waals surface area contributed by atoms with Crippen molar-refractivity contribution in [2.75, 3.05) is 19.7 Å². The highest BCUT2D eigenvalue weighted by Gasteiger charge is 2.27. The Morgan fingerprint density at radius 3 is 2.92 bits per heavy atom. The summed E-state index contributed by atoms with van der Waals surface area (Å²) < 4.78 is 4.86. The molecule has 0 saturated carbocycles. The largest absolute Gasteiger partial charge is 0.449 e. The fourth-order valence-corrected chi connectivity index (χ4v) is 1.25. The summed E-state index contributed by atoms with van der Waals surface area (Å²) in [5.74, 6) is 0. The third-order valence-corrected chi connectivity index (χ3v) is 1.94. The van der Waals surface area contributed by atoms with E-state index >= 15 is 0 Å². The minimum Gasteiger partial charge on any atom is -0.449 e. The zero-order valence-electron chi connectivity index (χ0n) is 8.04. The SMILES string of the molecule is CC(C)(C#N)CN1CCCOC1=O. The van der Waals surface area contributed by atoms with Gasteiger partial charge in [-0.2, -0.15) is 5.26 Å². The third-order valence-electron chi connectivity index (χ3n) is 1.94. The summed E-state index contributed by atoms with van der Waals surface area (Å²) in [6, 6.07) is 2.16. The van der Waals surface area contributed by atoms with Crippen molar-refractivity contribution in [1.29, 1.82) is 5.26 Å². The Morgan fingerprint density at radius 2 is 2.38 bits per heavy atom. The number of carbonyl (C=O) groups excluding carboxylic acids is 1. The first-order valence-electron chi connectivity index (χ1n) is 4.38. The second-order valence-corrected chi connectivity index (χ2v) is 3.89. The molecular weight excluding hydrogens is 168 g/mol.